The van der Waals surface area contributed by atoms with Crippen molar-refractivity contribution >= 4 is 11.3 Å². The maximum absolute atomic E-state index is 3.40. The first-order valence-electron chi connectivity index (χ1n) is 6.28. The first-order chi connectivity index (χ1) is 7.83. The minimum Gasteiger partial charge on any atom is -0.316 e. The number of nitrogens with one attached hydrogen (secondary N) is 1. The van der Waals surface area contributed by atoms with Gasteiger partial charge in [-0.3, -0.25) is 4.90 Å². The summed E-state index contributed by atoms with van der Waals surface area (Å²) >= 11 is 1.91. The third-order valence-corrected chi connectivity index (χ3v) is 4.45. The van der Waals surface area contributed by atoms with Crippen LogP contribution >= 0.6 is 11.3 Å². The van der Waals surface area contributed by atoms with Gasteiger partial charge in [0.05, 0.1) is 0 Å². The molecule has 1 aliphatic rings. The summed E-state index contributed by atoms with van der Waals surface area (Å²) in [7, 11) is 2.08. The molecule has 2 nitrogen and oxygen atoms in total. The lowest BCUT2D eigenvalue weighted by atomic mass is 10.1. The Morgan fingerprint density at radius 1 is 1.56 bits per heavy atom. The maximum Gasteiger partial charge on any atom is 0.0331 e. The molecule has 0 aliphatic carbocycles. The third-order valence-electron chi connectivity index (χ3n) is 3.50. The molecule has 1 aromatic rings. The summed E-state index contributed by atoms with van der Waals surface area (Å²) in [6, 6.07) is 2.97. The molecule has 0 saturated carbocycles. The average molecular weight is 238 g/mol. The van der Waals surface area contributed by atoms with E-state index >= 15 is 0 Å². The topological polar surface area (TPSA) is 15.3 Å². The van der Waals surface area contributed by atoms with Crippen LogP contribution in [0.4, 0.5) is 0 Å². The van der Waals surface area contributed by atoms with Gasteiger partial charge in [0.25, 0.3) is 0 Å². The van der Waals surface area contributed by atoms with Crippen molar-refractivity contribution in [1.29, 1.82) is 0 Å². The van der Waals surface area contributed by atoms with Gasteiger partial charge in [-0.25, -0.2) is 0 Å². The molecule has 16 heavy (non-hydrogen) atoms. The molecule has 1 unspecified atom stereocenters. The zero-order chi connectivity index (χ0) is 11.4. The number of likely N-dealkylation sites (N-methyl/N-ethyl adjacent to an activating group) is 1. The summed E-state index contributed by atoms with van der Waals surface area (Å²) in [5, 5.41) is 5.63. The molecule has 1 N–H and O–H groups in total. The zero-order valence-corrected chi connectivity index (χ0v) is 11.1. The number of rotatable bonds is 4. The Bertz CT molecular complexity index is 321. The first kappa shape index (κ1) is 12.1. The largest absolute Gasteiger partial charge is 0.316 e. The van der Waals surface area contributed by atoms with Crippen LogP contribution in [0, 0.1) is 0 Å². The van der Waals surface area contributed by atoms with Crippen molar-refractivity contribution in [3.63, 3.8) is 0 Å². The van der Waals surface area contributed by atoms with Crippen molar-refractivity contribution < 1.29 is 0 Å². The summed E-state index contributed by atoms with van der Waals surface area (Å²) in [5.74, 6) is 0. The molecular weight excluding hydrogens is 216 g/mol. The van der Waals surface area contributed by atoms with Crippen LogP contribution in [0.1, 0.15) is 30.2 Å². The summed E-state index contributed by atoms with van der Waals surface area (Å²) < 4.78 is 0. The Balaban J connectivity index is 1.93. The van der Waals surface area contributed by atoms with E-state index < -0.39 is 0 Å². The second-order valence-electron chi connectivity index (χ2n) is 4.59. The molecule has 0 radical (unpaired) electrons. The van der Waals surface area contributed by atoms with E-state index in [0.29, 0.717) is 6.04 Å². The van der Waals surface area contributed by atoms with E-state index in [1.165, 1.54) is 37.9 Å². The Morgan fingerprint density at radius 3 is 3.19 bits per heavy atom. The second kappa shape index (κ2) is 5.80. The van der Waals surface area contributed by atoms with E-state index in [1.54, 1.807) is 4.88 Å². The number of piperidine rings is 1. The number of likely N-dealkylation sites (tertiary alicyclic amines) is 1. The van der Waals surface area contributed by atoms with Crippen LogP contribution in [0.15, 0.2) is 11.4 Å². The molecule has 2 rings (SSSR count). The van der Waals surface area contributed by atoms with Crippen LogP contribution < -0.4 is 5.32 Å². The van der Waals surface area contributed by atoms with Gasteiger partial charge in [0, 0.05) is 24.0 Å². The fraction of sp³-hybridized carbons (Fsp3) is 0.692. The van der Waals surface area contributed by atoms with Gasteiger partial charge in [-0.05, 0) is 49.9 Å². The Hall–Kier alpha value is -0.380. The molecule has 0 bridgehead atoms. The monoisotopic (exact) mass is 238 g/mol. The van der Waals surface area contributed by atoms with Crippen LogP contribution in [0.2, 0.25) is 0 Å². The minimum atomic E-state index is 0.693. The van der Waals surface area contributed by atoms with Gasteiger partial charge in [0.2, 0.25) is 0 Å². The highest BCUT2D eigenvalue weighted by Crippen LogP contribution is 2.21. The van der Waals surface area contributed by atoms with Crippen LogP contribution in [0.5, 0.6) is 0 Å². The van der Waals surface area contributed by atoms with Crippen molar-refractivity contribution in [2.24, 2.45) is 0 Å². The highest BCUT2D eigenvalue weighted by molar-refractivity contribution is 7.10. The van der Waals surface area contributed by atoms with E-state index in [0.717, 1.165) is 6.54 Å². The van der Waals surface area contributed by atoms with Crippen molar-refractivity contribution in [3.05, 3.63) is 21.9 Å². The van der Waals surface area contributed by atoms with Crippen molar-refractivity contribution in [3.8, 4) is 0 Å². The Kier molecular flexibility index (Phi) is 4.38. The van der Waals surface area contributed by atoms with E-state index in [2.05, 4.69) is 35.6 Å². The molecule has 0 amide bonds. The quantitative estimate of drug-likeness (QED) is 0.867. The molecule has 1 fully saturated rings. The lowest BCUT2D eigenvalue weighted by Gasteiger charge is -2.32. The number of thiophene rings is 1. The summed E-state index contributed by atoms with van der Waals surface area (Å²) in [6.45, 7) is 5.87. The van der Waals surface area contributed by atoms with Crippen LogP contribution in [-0.2, 0) is 13.0 Å². The number of nitrogens with zero attached hydrogens (tertiary/aromatic N) is 1. The highest BCUT2D eigenvalue weighted by Gasteiger charge is 2.19. The van der Waals surface area contributed by atoms with Crippen molar-refractivity contribution in [2.75, 3.05) is 20.1 Å². The van der Waals surface area contributed by atoms with Gasteiger partial charge in [-0.2, -0.15) is 0 Å². The van der Waals surface area contributed by atoms with Gasteiger partial charge in [-0.1, -0.05) is 6.92 Å². The van der Waals surface area contributed by atoms with Crippen molar-refractivity contribution in [2.45, 2.75) is 38.8 Å². The third kappa shape index (κ3) is 2.84. The van der Waals surface area contributed by atoms with Crippen LogP contribution in [-0.4, -0.2) is 31.1 Å². The summed E-state index contributed by atoms with van der Waals surface area (Å²) in [6.07, 6.45) is 3.83. The number of hydrogen-bond donors (Lipinski definition) is 1. The minimum absolute atomic E-state index is 0.693. The molecule has 1 aromatic heterocycles. The summed E-state index contributed by atoms with van der Waals surface area (Å²) in [4.78, 5) is 4.16. The maximum atomic E-state index is 3.40. The van der Waals surface area contributed by atoms with Gasteiger partial charge < -0.3 is 5.32 Å². The lowest BCUT2D eigenvalue weighted by Crippen LogP contribution is -2.43. The molecular formula is C13H22N2S. The molecule has 0 spiro atoms. The van der Waals surface area contributed by atoms with E-state index in [-0.39, 0.29) is 0 Å². The molecule has 90 valence electrons. The fourth-order valence-electron chi connectivity index (χ4n) is 2.46. The fourth-order valence-corrected chi connectivity index (χ4v) is 3.48. The zero-order valence-electron chi connectivity index (χ0n) is 10.3. The molecule has 0 aromatic carbocycles. The predicted molar refractivity (Wildman–Crippen MR) is 71.1 cm³/mol. The predicted octanol–water partition coefficient (Wildman–Crippen LogP) is 2.49. The number of hydrogen-bond acceptors (Lipinski definition) is 3. The standard InChI is InChI=1S/C13H22N2S/c1-3-11-6-8-16-13(11)10-15-7-4-5-12(9-15)14-2/h6,8,12,14H,3-5,7,9-10H2,1-2H3. The van der Waals surface area contributed by atoms with Crippen LogP contribution in [0.3, 0.4) is 0 Å². The SMILES string of the molecule is CCc1ccsc1CN1CCCC(NC)C1. The molecule has 3 heteroatoms. The van der Waals surface area contributed by atoms with E-state index in [4.69, 9.17) is 0 Å². The van der Waals surface area contributed by atoms with Gasteiger partial charge in [0.1, 0.15) is 0 Å². The van der Waals surface area contributed by atoms with Gasteiger partial charge >= 0.3 is 0 Å². The van der Waals surface area contributed by atoms with Crippen molar-refractivity contribution in [1.82, 2.24) is 10.2 Å². The number of aryl methyl sites for hydroxylation is 1. The summed E-state index contributed by atoms with van der Waals surface area (Å²) in [5.41, 5.74) is 1.54. The molecule has 1 atom stereocenters. The highest BCUT2D eigenvalue weighted by atomic mass is 32.1. The molecule has 1 aliphatic heterocycles. The average Bonchev–Trinajstić information content (AvgIpc) is 2.76. The first-order valence-corrected chi connectivity index (χ1v) is 7.16. The second-order valence-corrected chi connectivity index (χ2v) is 5.59. The molecule has 2 heterocycles. The Labute approximate surface area is 103 Å². The van der Waals surface area contributed by atoms with Gasteiger partial charge in [-0.15, -0.1) is 11.3 Å². The van der Waals surface area contributed by atoms with Crippen LogP contribution in [0.25, 0.3) is 0 Å². The normalized spacial score (nSPS) is 22.5. The van der Waals surface area contributed by atoms with E-state index in [9.17, 15) is 0 Å². The Morgan fingerprint density at radius 2 is 2.44 bits per heavy atom. The smallest absolute Gasteiger partial charge is 0.0331 e. The lowest BCUT2D eigenvalue weighted by molar-refractivity contribution is 0.189. The molecule has 1 saturated heterocycles. The van der Waals surface area contributed by atoms with Gasteiger partial charge in [0.15, 0.2) is 0 Å². The van der Waals surface area contributed by atoms with E-state index in [1.807, 2.05) is 11.3 Å².